The Morgan fingerprint density at radius 2 is 1.71 bits per heavy atom. The topological polar surface area (TPSA) is 35.6 Å². The molecule has 1 atom stereocenters. The number of likely N-dealkylation sites (tertiary alicyclic amines) is 1. The van der Waals surface area contributed by atoms with Gasteiger partial charge in [0, 0.05) is 37.9 Å². The second-order valence-electron chi connectivity index (χ2n) is 9.14. The maximum absolute atomic E-state index is 12.7. The van der Waals surface area contributed by atoms with Crippen molar-refractivity contribution in [3.8, 4) is 0 Å². The summed E-state index contributed by atoms with van der Waals surface area (Å²) in [5.41, 5.74) is 5.18. The molecule has 4 heteroatoms. The number of nitrogens with one attached hydrogen (secondary N) is 1. The average Bonchev–Trinajstić information content (AvgIpc) is 3.18. The molecule has 2 aliphatic heterocycles. The van der Waals surface area contributed by atoms with Crippen molar-refractivity contribution in [2.24, 2.45) is 0 Å². The first-order valence-corrected chi connectivity index (χ1v) is 10.4. The Kier molecular flexibility index (Phi) is 5.15. The van der Waals surface area contributed by atoms with Gasteiger partial charge in [0.15, 0.2) is 0 Å². The fourth-order valence-corrected chi connectivity index (χ4v) is 4.31. The molecular formula is C24H31N3O. The van der Waals surface area contributed by atoms with Crippen LogP contribution in [-0.2, 0) is 18.4 Å². The van der Waals surface area contributed by atoms with Crippen LogP contribution in [0, 0.1) is 0 Å². The lowest BCUT2D eigenvalue weighted by atomic mass is 9.87. The van der Waals surface area contributed by atoms with Crippen LogP contribution >= 0.6 is 0 Å². The molecule has 0 aromatic heterocycles. The van der Waals surface area contributed by atoms with Crippen molar-refractivity contribution in [3.63, 3.8) is 0 Å². The molecule has 1 unspecified atom stereocenters. The Labute approximate surface area is 168 Å². The van der Waals surface area contributed by atoms with Crippen molar-refractivity contribution in [2.75, 3.05) is 25.0 Å². The average molecular weight is 378 g/mol. The molecule has 1 fully saturated rings. The van der Waals surface area contributed by atoms with Gasteiger partial charge in [-0.1, -0.05) is 57.2 Å². The van der Waals surface area contributed by atoms with Gasteiger partial charge in [-0.2, -0.15) is 0 Å². The molecule has 28 heavy (non-hydrogen) atoms. The molecule has 0 spiro atoms. The standard InChI is InChI=1S/C24H31N3O/c1-24(2,3)20-8-10-21(11-9-20)25-23(28)27-15-13-22(17-27)26-14-12-18-6-4-5-7-19(18)16-26/h4-11,22H,12-17H2,1-3H3,(H,25,28). The number of carbonyl (C=O) groups excluding carboxylic acids is 1. The first-order chi connectivity index (χ1) is 13.4. The molecular weight excluding hydrogens is 346 g/mol. The number of nitrogens with zero attached hydrogens (tertiary/aromatic N) is 2. The monoisotopic (exact) mass is 377 g/mol. The van der Waals surface area contributed by atoms with Crippen molar-refractivity contribution in [1.82, 2.24) is 9.80 Å². The number of hydrogen-bond acceptors (Lipinski definition) is 2. The van der Waals surface area contributed by atoms with Gasteiger partial charge < -0.3 is 10.2 Å². The summed E-state index contributed by atoms with van der Waals surface area (Å²) < 4.78 is 0. The van der Waals surface area contributed by atoms with E-state index < -0.39 is 0 Å². The van der Waals surface area contributed by atoms with Gasteiger partial charge in [0.25, 0.3) is 0 Å². The van der Waals surface area contributed by atoms with Crippen molar-refractivity contribution in [1.29, 1.82) is 0 Å². The smallest absolute Gasteiger partial charge is 0.321 e. The molecule has 0 saturated carbocycles. The third-order valence-electron chi connectivity index (χ3n) is 6.13. The summed E-state index contributed by atoms with van der Waals surface area (Å²) >= 11 is 0. The third-order valence-corrected chi connectivity index (χ3v) is 6.13. The Hall–Kier alpha value is -2.33. The van der Waals surface area contributed by atoms with Crippen LogP contribution in [0.2, 0.25) is 0 Å². The molecule has 0 radical (unpaired) electrons. The summed E-state index contributed by atoms with van der Waals surface area (Å²) in [6, 6.07) is 17.4. The summed E-state index contributed by atoms with van der Waals surface area (Å²) in [6.45, 7) is 10.3. The van der Waals surface area contributed by atoms with Gasteiger partial charge in [-0.15, -0.1) is 0 Å². The summed E-state index contributed by atoms with van der Waals surface area (Å²) in [5.74, 6) is 0. The molecule has 2 amide bonds. The van der Waals surface area contributed by atoms with Crippen LogP contribution in [0.5, 0.6) is 0 Å². The molecule has 0 aliphatic carbocycles. The fraction of sp³-hybridized carbons (Fsp3) is 0.458. The van der Waals surface area contributed by atoms with Crippen LogP contribution in [0.3, 0.4) is 0 Å². The number of hydrogen-bond donors (Lipinski definition) is 1. The summed E-state index contributed by atoms with van der Waals surface area (Å²) in [6.07, 6.45) is 2.16. The number of fused-ring (bicyclic) bond motifs is 1. The fourth-order valence-electron chi connectivity index (χ4n) is 4.31. The highest BCUT2D eigenvalue weighted by atomic mass is 16.2. The zero-order valence-electron chi connectivity index (χ0n) is 17.2. The van der Waals surface area contributed by atoms with Crippen molar-refractivity contribution < 1.29 is 4.79 Å². The molecule has 1 saturated heterocycles. The van der Waals surface area contributed by atoms with Crippen LogP contribution in [0.25, 0.3) is 0 Å². The maximum atomic E-state index is 12.7. The highest BCUT2D eigenvalue weighted by Gasteiger charge is 2.32. The first kappa shape index (κ1) is 19.0. The van der Waals surface area contributed by atoms with Crippen LogP contribution in [0.4, 0.5) is 10.5 Å². The number of amides is 2. The van der Waals surface area contributed by atoms with E-state index in [2.05, 4.69) is 67.4 Å². The second-order valence-corrected chi connectivity index (χ2v) is 9.14. The van der Waals surface area contributed by atoms with Gasteiger partial charge in [-0.05, 0) is 47.1 Å². The zero-order chi connectivity index (χ0) is 19.7. The number of urea groups is 1. The minimum atomic E-state index is 0.0171. The van der Waals surface area contributed by atoms with E-state index in [4.69, 9.17) is 0 Å². The van der Waals surface area contributed by atoms with E-state index in [0.717, 1.165) is 44.7 Å². The van der Waals surface area contributed by atoms with Crippen molar-refractivity contribution >= 4 is 11.7 Å². The Balaban J connectivity index is 1.33. The van der Waals surface area contributed by atoms with Gasteiger partial charge >= 0.3 is 6.03 Å². The van der Waals surface area contributed by atoms with Gasteiger partial charge in [0.05, 0.1) is 0 Å². The number of benzene rings is 2. The summed E-state index contributed by atoms with van der Waals surface area (Å²) in [4.78, 5) is 17.2. The van der Waals surface area contributed by atoms with E-state index in [0.29, 0.717) is 6.04 Å². The lowest BCUT2D eigenvalue weighted by Gasteiger charge is -2.33. The quantitative estimate of drug-likeness (QED) is 0.827. The van der Waals surface area contributed by atoms with E-state index in [9.17, 15) is 4.79 Å². The van der Waals surface area contributed by atoms with E-state index in [1.165, 1.54) is 16.7 Å². The molecule has 0 bridgehead atoms. The van der Waals surface area contributed by atoms with Gasteiger partial charge in [0.2, 0.25) is 0 Å². The third kappa shape index (κ3) is 4.07. The predicted octanol–water partition coefficient (Wildman–Crippen LogP) is 4.65. The van der Waals surface area contributed by atoms with E-state index in [-0.39, 0.29) is 11.4 Å². The minimum Gasteiger partial charge on any atom is -0.323 e. The second kappa shape index (κ2) is 7.59. The lowest BCUT2D eigenvalue weighted by Crippen LogP contribution is -2.42. The maximum Gasteiger partial charge on any atom is 0.321 e. The van der Waals surface area contributed by atoms with E-state index in [1.807, 2.05) is 17.0 Å². The Morgan fingerprint density at radius 3 is 2.43 bits per heavy atom. The van der Waals surface area contributed by atoms with Gasteiger partial charge in [-0.3, -0.25) is 4.90 Å². The number of rotatable bonds is 2. The predicted molar refractivity (Wildman–Crippen MR) is 115 cm³/mol. The number of anilines is 1. The molecule has 4 nitrogen and oxygen atoms in total. The SMILES string of the molecule is CC(C)(C)c1ccc(NC(=O)N2CCC(N3CCc4ccccc4C3)C2)cc1. The largest absolute Gasteiger partial charge is 0.323 e. The molecule has 2 aromatic carbocycles. The normalized spacial score (nSPS) is 20.1. The van der Waals surface area contributed by atoms with Gasteiger partial charge in [0.1, 0.15) is 0 Å². The highest BCUT2D eigenvalue weighted by Crippen LogP contribution is 2.26. The summed E-state index contributed by atoms with van der Waals surface area (Å²) in [7, 11) is 0. The molecule has 2 aromatic rings. The van der Waals surface area contributed by atoms with Gasteiger partial charge in [-0.25, -0.2) is 4.79 Å². The molecule has 2 heterocycles. The zero-order valence-corrected chi connectivity index (χ0v) is 17.2. The minimum absolute atomic E-state index is 0.0171. The van der Waals surface area contributed by atoms with E-state index >= 15 is 0 Å². The Morgan fingerprint density at radius 1 is 1.00 bits per heavy atom. The highest BCUT2D eigenvalue weighted by molar-refractivity contribution is 5.89. The van der Waals surface area contributed by atoms with Crippen LogP contribution in [0.1, 0.15) is 43.9 Å². The lowest BCUT2D eigenvalue weighted by molar-refractivity contribution is 0.177. The van der Waals surface area contributed by atoms with Crippen LogP contribution in [0.15, 0.2) is 48.5 Å². The first-order valence-electron chi connectivity index (χ1n) is 10.4. The Bertz CT molecular complexity index is 838. The molecule has 1 N–H and O–H groups in total. The number of carbonyl (C=O) groups is 1. The van der Waals surface area contributed by atoms with Crippen LogP contribution in [-0.4, -0.2) is 41.5 Å². The van der Waals surface area contributed by atoms with Crippen LogP contribution < -0.4 is 5.32 Å². The van der Waals surface area contributed by atoms with E-state index in [1.54, 1.807) is 0 Å². The van der Waals surface area contributed by atoms with Crippen molar-refractivity contribution in [3.05, 3.63) is 65.2 Å². The van der Waals surface area contributed by atoms with Crippen molar-refractivity contribution in [2.45, 2.75) is 51.6 Å². The molecule has 2 aliphatic rings. The molecule has 4 rings (SSSR count). The molecule has 148 valence electrons. The summed E-state index contributed by atoms with van der Waals surface area (Å²) in [5, 5.41) is 3.07.